The summed E-state index contributed by atoms with van der Waals surface area (Å²) in [4.78, 5) is 12.2. The van der Waals surface area contributed by atoms with Gasteiger partial charge in [-0.05, 0) is 36.8 Å². The summed E-state index contributed by atoms with van der Waals surface area (Å²) in [6, 6.07) is 7.15. The number of hydrogen-bond donors (Lipinski definition) is 1. The van der Waals surface area contributed by atoms with E-state index < -0.39 is 23.4 Å². The predicted octanol–water partition coefficient (Wildman–Crippen LogP) is 5.26. The van der Waals surface area contributed by atoms with Crippen LogP contribution in [0.2, 0.25) is 0 Å². The summed E-state index contributed by atoms with van der Waals surface area (Å²) in [6.45, 7) is 7.32. The molecular weight excluding hydrogens is 319 g/mol. The lowest BCUT2D eigenvalue weighted by Crippen LogP contribution is -2.22. The quantitative estimate of drug-likeness (QED) is 0.565. The third kappa shape index (κ3) is 5.28. The molecule has 1 aromatic rings. The number of allylic oxidation sites excluding steroid dienone is 1. The second-order valence-corrected chi connectivity index (χ2v) is 6.23. The van der Waals surface area contributed by atoms with E-state index in [9.17, 15) is 18.0 Å². The Morgan fingerprint density at radius 3 is 2.29 bits per heavy atom. The first kappa shape index (κ1) is 20.1. The van der Waals surface area contributed by atoms with Gasteiger partial charge in [0.1, 0.15) is 0 Å². The molecule has 0 aromatic heterocycles. The van der Waals surface area contributed by atoms with Gasteiger partial charge in [-0.1, -0.05) is 39.0 Å². The monoisotopic (exact) mass is 343 g/mol. The number of methoxy groups -OCH3 is 1. The minimum Gasteiger partial charge on any atom is -0.492 e. The van der Waals surface area contributed by atoms with Gasteiger partial charge in [0.05, 0.1) is 12.7 Å². The van der Waals surface area contributed by atoms with Crippen molar-refractivity contribution >= 4 is 11.6 Å². The summed E-state index contributed by atoms with van der Waals surface area (Å²) in [7, 11) is 0.901. The molecule has 1 unspecified atom stereocenters. The van der Waals surface area contributed by atoms with Gasteiger partial charge in [0.15, 0.2) is 0 Å². The zero-order valence-electron chi connectivity index (χ0n) is 14.6. The predicted molar refractivity (Wildman–Crippen MR) is 88.7 cm³/mol. The molecule has 0 aliphatic carbocycles. The SMILES string of the molecule is CO/C(=C(\C)C(=O)Nc1ccccc1C(C)CC(C)C)C(F)(F)F. The third-order valence-electron chi connectivity index (χ3n) is 3.71. The van der Waals surface area contributed by atoms with Crippen molar-refractivity contribution in [2.75, 3.05) is 12.4 Å². The number of anilines is 1. The van der Waals surface area contributed by atoms with E-state index in [4.69, 9.17) is 0 Å². The van der Waals surface area contributed by atoms with Crippen molar-refractivity contribution in [2.45, 2.75) is 46.2 Å². The molecule has 0 saturated heterocycles. The van der Waals surface area contributed by atoms with Gasteiger partial charge in [-0.15, -0.1) is 0 Å². The van der Waals surface area contributed by atoms with Crippen LogP contribution in [0.25, 0.3) is 0 Å². The normalized spacial score (nSPS) is 14.2. The summed E-state index contributed by atoms with van der Waals surface area (Å²) in [5, 5.41) is 2.57. The van der Waals surface area contributed by atoms with Crippen LogP contribution in [0.3, 0.4) is 0 Å². The van der Waals surface area contributed by atoms with Gasteiger partial charge >= 0.3 is 6.18 Å². The van der Waals surface area contributed by atoms with Crippen LogP contribution < -0.4 is 5.32 Å². The Morgan fingerprint density at radius 2 is 1.79 bits per heavy atom. The van der Waals surface area contributed by atoms with Crippen molar-refractivity contribution < 1.29 is 22.7 Å². The molecule has 1 atom stereocenters. The minimum atomic E-state index is -4.71. The number of halogens is 3. The van der Waals surface area contributed by atoms with Crippen molar-refractivity contribution in [1.29, 1.82) is 0 Å². The summed E-state index contributed by atoms with van der Waals surface area (Å²) in [5.41, 5.74) is 0.919. The zero-order chi connectivity index (χ0) is 18.5. The minimum absolute atomic E-state index is 0.176. The van der Waals surface area contributed by atoms with Gasteiger partial charge in [-0.25, -0.2) is 0 Å². The van der Waals surface area contributed by atoms with E-state index in [1.54, 1.807) is 12.1 Å². The molecule has 0 spiro atoms. The molecule has 0 radical (unpaired) electrons. The van der Waals surface area contributed by atoms with Crippen LogP contribution in [-0.2, 0) is 9.53 Å². The fourth-order valence-corrected chi connectivity index (χ4v) is 2.68. The van der Waals surface area contributed by atoms with Crippen LogP contribution in [-0.4, -0.2) is 19.2 Å². The second kappa shape index (κ2) is 8.22. The number of para-hydroxylation sites is 1. The number of alkyl halides is 3. The van der Waals surface area contributed by atoms with Gasteiger partial charge in [0.2, 0.25) is 5.76 Å². The molecule has 0 heterocycles. The second-order valence-electron chi connectivity index (χ2n) is 6.23. The third-order valence-corrected chi connectivity index (χ3v) is 3.71. The molecule has 0 bridgehead atoms. The first-order valence-electron chi connectivity index (χ1n) is 7.80. The summed E-state index contributed by atoms with van der Waals surface area (Å²) >= 11 is 0. The van der Waals surface area contributed by atoms with Crippen molar-refractivity contribution in [3.63, 3.8) is 0 Å². The lowest BCUT2D eigenvalue weighted by molar-refractivity contribution is -0.130. The average Bonchev–Trinajstić information content (AvgIpc) is 2.46. The molecule has 1 aromatic carbocycles. The molecule has 1 amide bonds. The highest BCUT2D eigenvalue weighted by atomic mass is 19.4. The lowest BCUT2D eigenvalue weighted by Gasteiger charge is -2.19. The Labute approximate surface area is 140 Å². The molecule has 0 aliphatic rings. The number of ether oxygens (including phenoxy) is 1. The lowest BCUT2D eigenvalue weighted by atomic mass is 9.91. The Morgan fingerprint density at radius 1 is 1.21 bits per heavy atom. The Hall–Kier alpha value is -1.98. The first-order valence-corrected chi connectivity index (χ1v) is 7.80. The highest BCUT2D eigenvalue weighted by molar-refractivity contribution is 6.04. The number of hydrogen-bond acceptors (Lipinski definition) is 2. The summed E-state index contributed by atoms with van der Waals surface area (Å²) in [5.74, 6) is -1.47. The molecule has 0 saturated carbocycles. The van der Waals surface area contributed by atoms with E-state index in [-0.39, 0.29) is 5.92 Å². The molecule has 24 heavy (non-hydrogen) atoms. The molecule has 0 fully saturated rings. The number of rotatable bonds is 6. The van der Waals surface area contributed by atoms with Crippen LogP contribution in [0, 0.1) is 5.92 Å². The van der Waals surface area contributed by atoms with E-state index in [1.807, 2.05) is 19.1 Å². The zero-order valence-corrected chi connectivity index (χ0v) is 14.6. The van der Waals surface area contributed by atoms with E-state index in [0.29, 0.717) is 11.6 Å². The van der Waals surface area contributed by atoms with Gasteiger partial charge in [0, 0.05) is 5.69 Å². The fourth-order valence-electron chi connectivity index (χ4n) is 2.68. The van der Waals surface area contributed by atoms with E-state index in [1.165, 1.54) is 0 Å². The largest absolute Gasteiger partial charge is 0.492 e. The van der Waals surface area contributed by atoms with Gasteiger partial charge < -0.3 is 10.1 Å². The molecule has 134 valence electrons. The van der Waals surface area contributed by atoms with Crippen LogP contribution in [0.5, 0.6) is 0 Å². The van der Waals surface area contributed by atoms with Gasteiger partial charge in [-0.3, -0.25) is 4.79 Å². The number of amides is 1. The van der Waals surface area contributed by atoms with Gasteiger partial charge in [-0.2, -0.15) is 13.2 Å². The molecule has 0 aliphatic heterocycles. The Balaban J connectivity index is 3.09. The molecule has 1 N–H and O–H groups in total. The molecular formula is C18H24F3NO2. The van der Waals surface area contributed by atoms with Crippen LogP contribution in [0.1, 0.15) is 45.6 Å². The van der Waals surface area contributed by atoms with Crippen molar-refractivity contribution in [2.24, 2.45) is 5.92 Å². The molecule has 3 nitrogen and oxygen atoms in total. The van der Waals surface area contributed by atoms with E-state index >= 15 is 0 Å². The van der Waals surface area contributed by atoms with Crippen molar-refractivity contribution in [1.82, 2.24) is 0 Å². The topological polar surface area (TPSA) is 38.3 Å². The first-order chi connectivity index (χ1) is 11.1. The number of nitrogens with one attached hydrogen (secondary N) is 1. The maximum Gasteiger partial charge on any atom is 0.449 e. The van der Waals surface area contributed by atoms with E-state index in [2.05, 4.69) is 23.9 Å². The fraction of sp³-hybridized carbons (Fsp3) is 0.500. The number of benzene rings is 1. The standard InChI is InChI=1S/C18H24F3NO2/c1-11(2)10-12(3)14-8-6-7-9-15(14)22-17(23)13(4)16(24-5)18(19,20)21/h6-9,11-12H,10H2,1-5H3,(H,22,23)/b16-13+. The van der Waals surface area contributed by atoms with Crippen LogP contribution in [0.4, 0.5) is 18.9 Å². The Kier molecular flexibility index (Phi) is 6.87. The smallest absolute Gasteiger partial charge is 0.449 e. The molecule has 1 rings (SSSR count). The van der Waals surface area contributed by atoms with E-state index in [0.717, 1.165) is 26.0 Å². The number of carbonyl (C=O) groups excluding carboxylic acids is 1. The molecule has 6 heteroatoms. The number of carbonyl (C=O) groups is 1. The van der Waals surface area contributed by atoms with Crippen LogP contribution >= 0.6 is 0 Å². The van der Waals surface area contributed by atoms with Gasteiger partial charge in [0.25, 0.3) is 5.91 Å². The van der Waals surface area contributed by atoms with Crippen molar-refractivity contribution in [3.8, 4) is 0 Å². The highest BCUT2D eigenvalue weighted by Crippen LogP contribution is 2.31. The Bertz CT molecular complexity index is 607. The maximum atomic E-state index is 12.9. The summed E-state index contributed by atoms with van der Waals surface area (Å²) in [6.07, 6.45) is -3.80. The highest BCUT2D eigenvalue weighted by Gasteiger charge is 2.38. The summed E-state index contributed by atoms with van der Waals surface area (Å²) < 4.78 is 42.9. The maximum absolute atomic E-state index is 12.9. The van der Waals surface area contributed by atoms with Crippen molar-refractivity contribution in [3.05, 3.63) is 41.2 Å². The van der Waals surface area contributed by atoms with Crippen LogP contribution in [0.15, 0.2) is 35.6 Å². The average molecular weight is 343 g/mol.